The Hall–Kier alpha value is -1.62. The summed E-state index contributed by atoms with van der Waals surface area (Å²) in [5.41, 5.74) is 0.446. The minimum absolute atomic E-state index is 0.175. The molecule has 98 valence electrons. The van der Waals surface area contributed by atoms with Gasteiger partial charge in [-0.25, -0.2) is 4.98 Å². The van der Waals surface area contributed by atoms with Crippen molar-refractivity contribution in [2.75, 3.05) is 20.2 Å². The Morgan fingerprint density at radius 3 is 2.83 bits per heavy atom. The first kappa shape index (κ1) is 14.4. The number of ether oxygens (including phenoxy) is 1. The van der Waals surface area contributed by atoms with Gasteiger partial charge in [0.2, 0.25) is 0 Å². The van der Waals surface area contributed by atoms with Crippen molar-refractivity contribution in [1.29, 1.82) is 0 Å². The Kier molecular flexibility index (Phi) is 5.58. The largest absolute Gasteiger partial charge is 0.466 e. The highest BCUT2D eigenvalue weighted by atomic mass is 35.5. The molecule has 6 heteroatoms. The summed E-state index contributed by atoms with van der Waals surface area (Å²) < 4.78 is 4.79. The summed E-state index contributed by atoms with van der Waals surface area (Å²) in [4.78, 5) is 28.4. The molecule has 0 aliphatic rings. The number of hydrogen-bond acceptors (Lipinski definition) is 4. The number of esters is 1. The molecule has 0 aliphatic heterocycles. The number of carbonyl (C=O) groups is 2. The minimum atomic E-state index is -0.315. The molecule has 0 bridgehead atoms. The molecule has 0 atom stereocenters. The molecule has 0 unspecified atom stereocenters. The van der Waals surface area contributed by atoms with Crippen LogP contribution in [-0.4, -0.2) is 42.0 Å². The monoisotopic (exact) mass is 270 g/mol. The summed E-state index contributed by atoms with van der Waals surface area (Å²) in [6, 6.07) is 3.07. The number of nitrogens with zero attached hydrogens (tertiary/aromatic N) is 2. The second-order valence-corrected chi connectivity index (χ2v) is 4.04. The van der Waals surface area contributed by atoms with E-state index >= 15 is 0 Å². The Labute approximate surface area is 111 Å². The van der Waals surface area contributed by atoms with Crippen molar-refractivity contribution >= 4 is 23.5 Å². The lowest BCUT2D eigenvalue weighted by molar-refractivity contribution is -0.143. The van der Waals surface area contributed by atoms with E-state index in [1.807, 2.05) is 0 Å². The maximum absolute atomic E-state index is 12.0. The Morgan fingerprint density at radius 1 is 1.50 bits per heavy atom. The van der Waals surface area contributed by atoms with Gasteiger partial charge in [0.15, 0.2) is 0 Å². The van der Waals surface area contributed by atoms with Gasteiger partial charge in [-0.15, -0.1) is 0 Å². The molecule has 5 nitrogen and oxygen atoms in total. The molecular formula is C12H15ClN2O3. The van der Waals surface area contributed by atoms with Gasteiger partial charge in [0, 0.05) is 25.4 Å². The molecule has 0 saturated carbocycles. The molecule has 0 spiro atoms. The average Bonchev–Trinajstić information content (AvgIpc) is 2.35. The highest BCUT2D eigenvalue weighted by Crippen LogP contribution is 2.09. The number of aromatic nitrogens is 1. The topological polar surface area (TPSA) is 59.5 Å². The van der Waals surface area contributed by atoms with Gasteiger partial charge >= 0.3 is 5.97 Å². The lowest BCUT2D eigenvalue weighted by atomic mass is 10.2. The molecule has 0 radical (unpaired) electrons. The average molecular weight is 271 g/mol. The minimum Gasteiger partial charge on any atom is -0.466 e. The van der Waals surface area contributed by atoms with E-state index in [0.29, 0.717) is 18.7 Å². The lowest BCUT2D eigenvalue weighted by Gasteiger charge is -2.16. The van der Waals surface area contributed by atoms with Crippen molar-refractivity contribution in [2.45, 2.75) is 13.3 Å². The zero-order valence-electron chi connectivity index (χ0n) is 10.4. The van der Waals surface area contributed by atoms with Crippen LogP contribution in [0, 0.1) is 0 Å². The van der Waals surface area contributed by atoms with Crippen LogP contribution < -0.4 is 0 Å². The second kappa shape index (κ2) is 6.96. The van der Waals surface area contributed by atoms with Gasteiger partial charge in [-0.2, -0.15) is 0 Å². The summed E-state index contributed by atoms with van der Waals surface area (Å²) in [5.74, 6) is -0.520. The Morgan fingerprint density at radius 2 is 2.22 bits per heavy atom. The first-order chi connectivity index (χ1) is 8.54. The van der Waals surface area contributed by atoms with Crippen LogP contribution in [0.15, 0.2) is 18.3 Å². The van der Waals surface area contributed by atoms with Gasteiger partial charge in [-0.1, -0.05) is 11.6 Å². The van der Waals surface area contributed by atoms with Gasteiger partial charge in [0.05, 0.1) is 13.0 Å². The molecule has 0 saturated heterocycles. The Balaban J connectivity index is 2.54. The predicted molar refractivity (Wildman–Crippen MR) is 67.5 cm³/mol. The van der Waals surface area contributed by atoms with Crippen LogP contribution in [0.1, 0.15) is 23.7 Å². The summed E-state index contributed by atoms with van der Waals surface area (Å²) in [6.07, 6.45) is 1.64. The van der Waals surface area contributed by atoms with E-state index in [2.05, 4.69) is 4.98 Å². The van der Waals surface area contributed by atoms with Gasteiger partial charge in [-0.3, -0.25) is 9.59 Å². The van der Waals surface area contributed by atoms with Crippen LogP contribution in [0.2, 0.25) is 5.15 Å². The fraction of sp³-hybridized carbons (Fsp3) is 0.417. The van der Waals surface area contributed by atoms with Gasteiger partial charge < -0.3 is 9.64 Å². The summed E-state index contributed by atoms with van der Waals surface area (Å²) in [6.45, 7) is 2.39. The third kappa shape index (κ3) is 4.33. The van der Waals surface area contributed by atoms with Crippen LogP contribution in [-0.2, 0) is 9.53 Å². The van der Waals surface area contributed by atoms with Crippen molar-refractivity contribution in [3.8, 4) is 0 Å². The van der Waals surface area contributed by atoms with E-state index in [1.165, 1.54) is 17.2 Å². The molecule has 1 aromatic heterocycles. The van der Waals surface area contributed by atoms with Gasteiger partial charge in [-0.05, 0) is 19.1 Å². The standard InChI is InChI=1S/C12H15ClN2O3/c1-3-18-11(16)5-7-15(2)12(17)9-4-6-14-10(13)8-9/h4,6,8H,3,5,7H2,1-2H3. The number of rotatable bonds is 5. The number of halogens is 1. The Bertz CT molecular complexity index is 437. The smallest absolute Gasteiger partial charge is 0.307 e. The fourth-order valence-corrected chi connectivity index (χ4v) is 1.52. The maximum atomic E-state index is 12.0. The molecule has 0 fully saturated rings. The first-order valence-corrected chi connectivity index (χ1v) is 5.95. The number of amides is 1. The van der Waals surface area contributed by atoms with Crippen molar-refractivity contribution in [1.82, 2.24) is 9.88 Å². The van der Waals surface area contributed by atoms with Gasteiger partial charge in [0.1, 0.15) is 5.15 Å². The normalized spacial score (nSPS) is 9.94. The maximum Gasteiger partial charge on any atom is 0.307 e. The van der Waals surface area contributed by atoms with E-state index in [-0.39, 0.29) is 23.5 Å². The molecular weight excluding hydrogens is 256 g/mol. The summed E-state index contributed by atoms with van der Waals surface area (Å²) in [7, 11) is 1.62. The van der Waals surface area contributed by atoms with Crippen molar-refractivity contribution in [2.24, 2.45) is 0 Å². The highest BCUT2D eigenvalue weighted by Gasteiger charge is 2.13. The molecule has 1 amide bonds. The van der Waals surface area contributed by atoms with Crippen LogP contribution >= 0.6 is 11.6 Å². The van der Waals surface area contributed by atoms with E-state index < -0.39 is 0 Å². The predicted octanol–water partition coefficient (Wildman–Crippen LogP) is 1.76. The molecule has 1 rings (SSSR count). The molecule has 0 aromatic carbocycles. The molecule has 1 aromatic rings. The van der Waals surface area contributed by atoms with Crippen LogP contribution in [0.25, 0.3) is 0 Å². The third-order valence-electron chi connectivity index (χ3n) is 2.28. The van der Waals surface area contributed by atoms with E-state index in [9.17, 15) is 9.59 Å². The highest BCUT2D eigenvalue weighted by molar-refractivity contribution is 6.29. The number of pyridine rings is 1. The first-order valence-electron chi connectivity index (χ1n) is 5.57. The molecule has 1 heterocycles. The van der Waals surface area contributed by atoms with Crippen LogP contribution in [0.3, 0.4) is 0 Å². The van der Waals surface area contributed by atoms with Crippen LogP contribution in [0.5, 0.6) is 0 Å². The molecule has 0 aliphatic carbocycles. The second-order valence-electron chi connectivity index (χ2n) is 3.65. The van der Waals surface area contributed by atoms with Crippen molar-refractivity contribution in [3.05, 3.63) is 29.0 Å². The van der Waals surface area contributed by atoms with Crippen LogP contribution in [0.4, 0.5) is 0 Å². The fourth-order valence-electron chi connectivity index (χ4n) is 1.35. The number of hydrogen-bond donors (Lipinski definition) is 0. The van der Waals surface area contributed by atoms with E-state index in [1.54, 1.807) is 20.0 Å². The third-order valence-corrected chi connectivity index (χ3v) is 2.48. The quantitative estimate of drug-likeness (QED) is 0.604. The van der Waals surface area contributed by atoms with Gasteiger partial charge in [0.25, 0.3) is 5.91 Å². The SMILES string of the molecule is CCOC(=O)CCN(C)C(=O)c1ccnc(Cl)c1. The molecule has 18 heavy (non-hydrogen) atoms. The zero-order valence-corrected chi connectivity index (χ0v) is 11.1. The number of carbonyl (C=O) groups excluding carboxylic acids is 2. The van der Waals surface area contributed by atoms with E-state index in [0.717, 1.165) is 0 Å². The zero-order chi connectivity index (χ0) is 13.5. The van der Waals surface area contributed by atoms with E-state index in [4.69, 9.17) is 16.3 Å². The molecule has 0 N–H and O–H groups in total. The summed E-state index contributed by atoms with van der Waals surface area (Å²) in [5, 5.41) is 0.264. The van der Waals surface area contributed by atoms with Crippen molar-refractivity contribution < 1.29 is 14.3 Å². The van der Waals surface area contributed by atoms with Crippen molar-refractivity contribution in [3.63, 3.8) is 0 Å². The summed E-state index contributed by atoms with van der Waals surface area (Å²) >= 11 is 5.71. The lowest BCUT2D eigenvalue weighted by Crippen LogP contribution is -2.29.